The van der Waals surface area contributed by atoms with Crippen molar-refractivity contribution < 1.29 is 18.0 Å². The zero-order valence-corrected chi connectivity index (χ0v) is 14.2. The largest absolute Gasteiger partial charge is 0.353 e. The number of hydrogen-bond acceptors (Lipinski definition) is 5. The molecule has 1 heterocycles. The van der Waals surface area contributed by atoms with E-state index in [2.05, 4.69) is 15.4 Å². The molecule has 0 radical (unpaired) electrons. The van der Waals surface area contributed by atoms with Gasteiger partial charge in [-0.1, -0.05) is 0 Å². The number of amides is 2. The van der Waals surface area contributed by atoms with E-state index < -0.39 is 10.0 Å². The average Bonchev–Trinajstić information content (AvgIpc) is 2.43. The second-order valence-electron chi connectivity index (χ2n) is 5.75. The molecule has 3 N–H and O–H groups in total. The molecule has 128 valence electrons. The summed E-state index contributed by atoms with van der Waals surface area (Å²) >= 11 is 0. The molecule has 0 aliphatic carbocycles. The standard InChI is InChI=1S/C13H26N4O4S/c1-10(2)16-12(18)9-15-22(20,21)7-4-13(19)17-6-5-14-8-11(17)3/h10-11,14-15H,4-9H2,1-3H3,(H,16,18). The van der Waals surface area contributed by atoms with E-state index in [-0.39, 0.29) is 42.6 Å². The molecule has 2 amide bonds. The maximum absolute atomic E-state index is 12.1. The summed E-state index contributed by atoms with van der Waals surface area (Å²) in [4.78, 5) is 25.2. The minimum atomic E-state index is -3.64. The normalized spacial score (nSPS) is 19.3. The van der Waals surface area contributed by atoms with Gasteiger partial charge in [0.25, 0.3) is 0 Å². The van der Waals surface area contributed by atoms with E-state index in [1.165, 1.54) is 0 Å². The van der Waals surface area contributed by atoms with Crippen molar-refractivity contribution in [1.29, 1.82) is 0 Å². The minimum Gasteiger partial charge on any atom is -0.353 e. The van der Waals surface area contributed by atoms with Crippen molar-refractivity contribution >= 4 is 21.8 Å². The summed E-state index contributed by atoms with van der Waals surface area (Å²) in [5, 5.41) is 5.76. The second-order valence-corrected chi connectivity index (χ2v) is 7.68. The lowest BCUT2D eigenvalue weighted by Gasteiger charge is -2.34. The average molecular weight is 334 g/mol. The molecule has 9 heteroatoms. The molecule has 1 atom stereocenters. The van der Waals surface area contributed by atoms with Gasteiger partial charge in [-0.15, -0.1) is 0 Å². The van der Waals surface area contributed by atoms with Gasteiger partial charge >= 0.3 is 0 Å². The third kappa shape index (κ3) is 6.71. The van der Waals surface area contributed by atoms with Crippen LogP contribution in [-0.4, -0.2) is 69.1 Å². The van der Waals surface area contributed by atoms with Crippen LogP contribution in [0.2, 0.25) is 0 Å². The van der Waals surface area contributed by atoms with Crippen molar-refractivity contribution in [1.82, 2.24) is 20.3 Å². The number of sulfonamides is 1. The predicted molar refractivity (Wildman–Crippen MR) is 83.7 cm³/mol. The molecule has 8 nitrogen and oxygen atoms in total. The highest BCUT2D eigenvalue weighted by Crippen LogP contribution is 2.05. The van der Waals surface area contributed by atoms with Crippen LogP contribution in [0.25, 0.3) is 0 Å². The van der Waals surface area contributed by atoms with Crippen LogP contribution < -0.4 is 15.4 Å². The molecule has 0 bridgehead atoms. The molecule has 0 spiro atoms. The summed E-state index contributed by atoms with van der Waals surface area (Å²) in [6, 6.07) is 0.0153. The molecule has 1 aliphatic heterocycles. The fourth-order valence-corrected chi connectivity index (χ4v) is 3.14. The summed E-state index contributed by atoms with van der Waals surface area (Å²) in [5.74, 6) is -0.871. The highest BCUT2D eigenvalue weighted by atomic mass is 32.2. The Morgan fingerprint density at radius 1 is 1.36 bits per heavy atom. The van der Waals surface area contributed by atoms with Gasteiger partial charge in [0.2, 0.25) is 21.8 Å². The fraction of sp³-hybridized carbons (Fsp3) is 0.846. The Balaban J connectivity index is 2.38. The maximum Gasteiger partial charge on any atom is 0.235 e. The van der Waals surface area contributed by atoms with Gasteiger partial charge in [-0.25, -0.2) is 13.1 Å². The predicted octanol–water partition coefficient (Wildman–Crippen LogP) is -1.36. The van der Waals surface area contributed by atoms with Crippen molar-refractivity contribution in [2.24, 2.45) is 0 Å². The Hall–Kier alpha value is -1.19. The molecule has 1 saturated heterocycles. The topological polar surface area (TPSA) is 108 Å². The van der Waals surface area contributed by atoms with Gasteiger partial charge in [0, 0.05) is 38.1 Å². The number of rotatable bonds is 7. The van der Waals surface area contributed by atoms with Crippen LogP contribution in [0.3, 0.4) is 0 Å². The third-order valence-electron chi connectivity index (χ3n) is 3.31. The summed E-state index contributed by atoms with van der Waals surface area (Å²) in [6.45, 7) is 7.22. The number of nitrogens with one attached hydrogen (secondary N) is 3. The molecular weight excluding hydrogens is 308 g/mol. The first-order valence-electron chi connectivity index (χ1n) is 7.48. The Labute approximate surface area is 132 Å². The molecule has 0 saturated carbocycles. The summed E-state index contributed by atoms with van der Waals surface area (Å²) < 4.78 is 25.8. The van der Waals surface area contributed by atoms with E-state index in [0.717, 1.165) is 6.54 Å². The van der Waals surface area contributed by atoms with Crippen LogP contribution in [0.15, 0.2) is 0 Å². The molecule has 0 aromatic rings. The highest BCUT2D eigenvalue weighted by molar-refractivity contribution is 7.89. The fourth-order valence-electron chi connectivity index (χ4n) is 2.20. The molecule has 22 heavy (non-hydrogen) atoms. The lowest BCUT2D eigenvalue weighted by atomic mass is 10.2. The van der Waals surface area contributed by atoms with Gasteiger partial charge in [0.1, 0.15) is 0 Å². The molecule has 0 aromatic heterocycles. The molecule has 0 aromatic carbocycles. The summed E-state index contributed by atoms with van der Waals surface area (Å²) in [5.41, 5.74) is 0. The first kappa shape index (κ1) is 18.9. The minimum absolute atomic E-state index is 0.0484. The number of carbonyl (C=O) groups is 2. The van der Waals surface area contributed by atoms with Crippen LogP contribution in [0, 0.1) is 0 Å². The first-order valence-corrected chi connectivity index (χ1v) is 9.13. The molecule has 1 aliphatic rings. The molecule has 1 rings (SSSR count). The number of piperazine rings is 1. The smallest absolute Gasteiger partial charge is 0.235 e. The van der Waals surface area contributed by atoms with Gasteiger partial charge in [0.05, 0.1) is 12.3 Å². The van der Waals surface area contributed by atoms with E-state index in [9.17, 15) is 18.0 Å². The van der Waals surface area contributed by atoms with Crippen molar-refractivity contribution in [3.63, 3.8) is 0 Å². The monoisotopic (exact) mass is 334 g/mol. The number of carbonyl (C=O) groups excluding carboxylic acids is 2. The Bertz CT molecular complexity index is 492. The van der Waals surface area contributed by atoms with Gasteiger partial charge in [-0.05, 0) is 20.8 Å². The number of nitrogens with zero attached hydrogens (tertiary/aromatic N) is 1. The first-order chi connectivity index (χ1) is 10.2. The van der Waals surface area contributed by atoms with E-state index in [0.29, 0.717) is 13.1 Å². The number of hydrogen-bond donors (Lipinski definition) is 3. The summed E-state index contributed by atoms with van der Waals surface area (Å²) in [7, 11) is -3.64. The van der Waals surface area contributed by atoms with Crippen molar-refractivity contribution in [3.05, 3.63) is 0 Å². The van der Waals surface area contributed by atoms with Gasteiger partial charge < -0.3 is 15.5 Å². The van der Waals surface area contributed by atoms with Crippen LogP contribution in [0.1, 0.15) is 27.2 Å². The van der Waals surface area contributed by atoms with Crippen LogP contribution in [0.5, 0.6) is 0 Å². The van der Waals surface area contributed by atoms with Crippen LogP contribution in [0.4, 0.5) is 0 Å². The molecule has 1 unspecified atom stereocenters. The zero-order chi connectivity index (χ0) is 16.8. The zero-order valence-electron chi connectivity index (χ0n) is 13.4. The molecular formula is C13H26N4O4S. The van der Waals surface area contributed by atoms with Crippen molar-refractivity contribution in [2.75, 3.05) is 31.9 Å². The van der Waals surface area contributed by atoms with Crippen LogP contribution >= 0.6 is 0 Å². The SMILES string of the molecule is CC(C)NC(=O)CNS(=O)(=O)CCC(=O)N1CCNCC1C. The van der Waals surface area contributed by atoms with Crippen LogP contribution in [-0.2, 0) is 19.6 Å². The quantitative estimate of drug-likeness (QED) is 0.533. The van der Waals surface area contributed by atoms with Crippen molar-refractivity contribution in [2.45, 2.75) is 39.3 Å². The Morgan fingerprint density at radius 2 is 2.05 bits per heavy atom. The second kappa shape index (κ2) is 8.44. The Kier molecular flexibility index (Phi) is 7.24. The van der Waals surface area contributed by atoms with E-state index >= 15 is 0 Å². The van der Waals surface area contributed by atoms with E-state index in [1.807, 2.05) is 6.92 Å². The van der Waals surface area contributed by atoms with Gasteiger partial charge in [-0.3, -0.25) is 9.59 Å². The summed E-state index contributed by atoms with van der Waals surface area (Å²) in [6.07, 6.45) is -0.0779. The van der Waals surface area contributed by atoms with E-state index in [4.69, 9.17) is 0 Å². The van der Waals surface area contributed by atoms with Gasteiger partial charge in [0.15, 0.2) is 0 Å². The van der Waals surface area contributed by atoms with Crippen molar-refractivity contribution in [3.8, 4) is 0 Å². The lowest BCUT2D eigenvalue weighted by molar-refractivity contribution is -0.133. The van der Waals surface area contributed by atoms with E-state index in [1.54, 1.807) is 18.7 Å². The highest BCUT2D eigenvalue weighted by Gasteiger charge is 2.24. The van der Waals surface area contributed by atoms with Gasteiger partial charge in [-0.2, -0.15) is 0 Å². The molecule has 1 fully saturated rings. The third-order valence-corrected chi connectivity index (χ3v) is 4.63. The Morgan fingerprint density at radius 3 is 2.64 bits per heavy atom. The maximum atomic E-state index is 12.1. The lowest BCUT2D eigenvalue weighted by Crippen LogP contribution is -2.52.